The average molecular weight is 380 g/mol. The predicted octanol–water partition coefficient (Wildman–Crippen LogP) is 2.42. The van der Waals surface area contributed by atoms with Gasteiger partial charge in [-0.2, -0.15) is 0 Å². The smallest absolute Gasteiger partial charge is 0.410 e. The Hall–Kier alpha value is -2.12. The van der Waals surface area contributed by atoms with Gasteiger partial charge in [0, 0.05) is 31.6 Å². The fourth-order valence-electron chi connectivity index (χ4n) is 3.15. The lowest BCUT2D eigenvalue weighted by molar-refractivity contribution is 0.0135. The first-order chi connectivity index (χ1) is 12.0. The first-order valence-electron chi connectivity index (χ1n) is 8.37. The van der Waals surface area contributed by atoms with E-state index in [-0.39, 0.29) is 24.1 Å². The first kappa shape index (κ1) is 18.7. The molecule has 0 aliphatic carbocycles. The van der Waals surface area contributed by atoms with Crippen molar-refractivity contribution in [2.45, 2.75) is 38.4 Å². The number of aromatic nitrogens is 2. The van der Waals surface area contributed by atoms with Gasteiger partial charge in [-0.05, 0) is 32.9 Å². The molecule has 0 radical (unpaired) electrons. The quantitative estimate of drug-likeness (QED) is 0.822. The first-order valence-corrected chi connectivity index (χ1v) is 8.75. The predicted molar refractivity (Wildman–Crippen MR) is 98.3 cm³/mol. The van der Waals surface area contributed by atoms with Crippen molar-refractivity contribution in [2.75, 3.05) is 13.1 Å². The lowest BCUT2D eigenvalue weighted by atomic mass is 9.93. The topological polar surface area (TPSA) is 84.7 Å². The van der Waals surface area contributed by atoms with E-state index in [0.29, 0.717) is 22.6 Å². The minimum absolute atomic E-state index is 0.0134. The Balaban J connectivity index is 1.99. The number of aryl methyl sites for hydroxylation is 1. The summed E-state index contributed by atoms with van der Waals surface area (Å²) in [7, 11) is 1.58. The molecule has 7 nitrogen and oxygen atoms in total. The largest absolute Gasteiger partial charge is 0.444 e. The van der Waals surface area contributed by atoms with E-state index in [9.17, 15) is 14.7 Å². The minimum atomic E-state index is -1.46. The number of likely N-dealkylation sites (tertiary alicyclic amines) is 1. The van der Waals surface area contributed by atoms with E-state index < -0.39 is 17.3 Å². The summed E-state index contributed by atoms with van der Waals surface area (Å²) in [4.78, 5) is 30.7. The summed E-state index contributed by atoms with van der Waals surface area (Å²) < 4.78 is 6.72. The van der Waals surface area contributed by atoms with Crippen molar-refractivity contribution < 1.29 is 14.6 Å². The highest BCUT2D eigenvalue weighted by atomic mass is 35.5. The van der Waals surface area contributed by atoms with E-state index in [2.05, 4.69) is 4.98 Å². The van der Waals surface area contributed by atoms with Crippen molar-refractivity contribution in [3.05, 3.63) is 39.3 Å². The number of hydrogen-bond acceptors (Lipinski definition) is 5. The lowest BCUT2D eigenvalue weighted by Crippen LogP contribution is -2.41. The maximum Gasteiger partial charge on any atom is 0.410 e. The Morgan fingerprint density at radius 1 is 1.42 bits per heavy atom. The molecule has 0 bridgehead atoms. The number of hydrogen-bond donors (Lipinski definition) is 1. The van der Waals surface area contributed by atoms with Gasteiger partial charge < -0.3 is 14.7 Å². The molecule has 0 aromatic carbocycles. The van der Waals surface area contributed by atoms with E-state index >= 15 is 0 Å². The molecule has 0 saturated carbocycles. The van der Waals surface area contributed by atoms with Crippen LogP contribution >= 0.6 is 11.6 Å². The van der Waals surface area contributed by atoms with Gasteiger partial charge in [-0.15, -0.1) is 0 Å². The molecular formula is C18H22ClN3O4. The van der Waals surface area contributed by atoms with E-state index in [1.165, 1.54) is 15.7 Å². The molecule has 1 N–H and O–H groups in total. The van der Waals surface area contributed by atoms with E-state index in [1.54, 1.807) is 40.0 Å². The number of β-amino-alcohol motifs (C(OH)–C–C–N with tert-alkyl or cyclic N) is 1. The van der Waals surface area contributed by atoms with E-state index in [4.69, 9.17) is 16.3 Å². The van der Waals surface area contributed by atoms with E-state index in [0.717, 1.165) is 0 Å². The van der Waals surface area contributed by atoms with Crippen molar-refractivity contribution in [2.24, 2.45) is 7.05 Å². The number of rotatable bonds is 1. The molecular weight excluding hydrogens is 358 g/mol. The summed E-state index contributed by atoms with van der Waals surface area (Å²) in [5, 5.41) is 12.1. The maximum absolute atomic E-state index is 12.8. The van der Waals surface area contributed by atoms with E-state index in [1.807, 2.05) is 0 Å². The number of aliphatic hydroxyl groups is 1. The molecule has 3 rings (SSSR count). The third-order valence-electron chi connectivity index (χ3n) is 4.46. The van der Waals surface area contributed by atoms with Crippen molar-refractivity contribution >= 4 is 28.7 Å². The second-order valence-corrected chi connectivity index (χ2v) is 8.04. The Morgan fingerprint density at radius 2 is 2.12 bits per heavy atom. The standard InChI is InChI=1S/C18H22ClN3O4/c1-17(2,3)26-16(24)22-8-6-18(25,10-22)12-9-11-13(19)5-7-20-14(11)21(4)15(12)23/h5,7,9,25H,6,8,10H2,1-4H3. The third kappa shape index (κ3) is 3.29. The van der Waals surface area contributed by atoms with Gasteiger partial charge in [0.1, 0.15) is 16.8 Å². The molecule has 8 heteroatoms. The van der Waals surface area contributed by atoms with Crippen LogP contribution in [0.1, 0.15) is 32.8 Å². The van der Waals surface area contributed by atoms with Crippen LogP contribution in [-0.2, 0) is 17.4 Å². The monoisotopic (exact) mass is 379 g/mol. The molecule has 140 valence electrons. The summed E-state index contributed by atoms with van der Waals surface area (Å²) in [5.74, 6) is 0. The molecule has 1 saturated heterocycles. The number of nitrogens with zero attached hydrogens (tertiary/aromatic N) is 3. The van der Waals surface area contributed by atoms with Crippen molar-refractivity contribution in [3.8, 4) is 0 Å². The SMILES string of the molecule is Cn1c(=O)c(C2(O)CCN(C(=O)OC(C)(C)C)C2)cc2c(Cl)ccnc21. The molecule has 26 heavy (non-hydrogen) atoms. The van der Waals surface area contributed by atoms with Gasteiger partial charge in [0.2, 0.25) is 0 Å². The highest BCUT2D eigenvalue weighted by Crippen LogP contribution is 2.33. The van der Waals surface area contributed by atoms with Crippen LogP contribution in [0.4, 0.5) is 4.79 Å². The van der Waals surface area contributed by atoms with Crippen molar-refractivity contribution in [1.29, 1.82) is 0 Å². The summed E-state index contributed by atoms with van der Waals surface area (Å²) in [5.41, 5.74) is -1.80. The van der Waals surface area contributed by atoms with Crippen LogP contribution in [0.5, 0.6) is 0 Å². The van der Waals surface area contributed by atoms with Crippen LogP contribution in [0.3, 0.4) is 0 Å². The van der Waals surface area contributed by atoms with Gasteiger partial charge in [0.25, 0.3) is 5.56 Å². The van der Waals surface area contributed by atoms with Crippen LogP contribution in [0.15, 0.2) is 23.1 Å². The number of amides is 1. The molecule has 1 fully saturated rings. The van der Waals surface area contributed by atoms with Crippen LogP contribution in [0.25, 0.3) is 11.0 Å². The van der Waals surface area contributed by atoms with Crippen LogP contribution < -0.4 is 5.56 Å². The number of pyridine rings is 2. The molecule has 1 atom stereocenters. The zero-order chi connectivity index (χ0) is 19.3. The highest BCUT2D eigenvalue weighted by molar-refractivity contribution is 6.35. The zero-order valence-corrected chi connectivity index (χ0v) is 16.0. The number of fused-ring (bicyclic) bond motifs is 1. The highest BCUT2D eigenvalue weighted by Gasteiger charge is 2.43. The summed E-state index contributed by atoms with van der Waals surface area (Å²) in [6.07, 6.45) is 1.26. The third-order valence-corrected chi connectivity index (χ3v) is 4.79. The summed E-state index contributed by atoms with van der Waals surface area (Å²) in [6, 6.07) is 3.20. The molecule has 1 amide bonds. The Bertz CT molecular complexity index is 934. The molecule has 1 aliphatic rings. The Morgan fingerprint density at radius 3 is 2.77 bits per heavy atom. The molecule has 1 unspecified atom stereocenters. The Kier molecular flexibility index (Phi) is 4.48. The maximum atomic E-state index is 12.8. The van der Waals surface area contributed by atoms with Crippen LogP contribution in [-0.4, -0.2) is 44.3 Å². The molecule has 1 aliphatic heterocycles. The zero-order valence-electron chi connectivity index (χ0n) is 15.2. The van der Waals surface area contributed by atoms with Gasteiger partial charge in [0.05, 0.1) is 17.1 Å². The minimum Gasteiger partial charge on any atom is -0.444 e. The molecule has 3 heterocycles. The summed E-state index contributed by atoms with van der Waals surface area (Å²) in [6.45, 7) is 5.62. The van der Waals surface area contributed by atoms with Crippen LogP contribution in [0, 0.1) is 0 Å². The second-order valence-electron chi connectivity index (χ2n) is 7.64. The average Bonchev–Trinajstić information content (AvgIpc) is 2.93. The fourth-order valence-corrected chi connectivity index (χ4v) is 3.35. The van der Waals surface area contributed by atoms with Gasteiger partial charge in [0.15, 0.2) is 0 Å². The molecule has 2 aromatic rings. The fraction of sp³-hybridized carbons (Fsp3) is 0.500. The summed E-state index contributed by atoms with van der Waals surface area (Å²) >= 11 is 6.24. The number of carbonyl (C=O) groups is 1. The number of carbonyl (C=O) groups excluding carboxylic acids is 1. The lowest BCUT2D eigenvalue weighted by Gasteiger charge is -2.26. The van der Waals surface area contributed by atoms with Gasteiger partial charge >= 0.3 is 6.09 Å². The van der Waals surface area contributed by atoms with Gasteiger partial charge in [-0.1, -0.05) is 11.6 Å². The number of halogens is 1. The molecule has 2 aromatic heterocycles. The normalized spacial score (nSPS) is 20.6. The second kappa shape index (κ2) is 6.25. The van der Waals surface area contributed by atoms with Crippen molar-refractivity contribution in [3.63, 3.8) is 0 Å². The van der Waals surface area contributed by atoms with Gasteiger partial charge in [-0.3, -0.25) is 9.36 Å². The number of ether oxygens (including phenoxy) is 1. The van der Waals surface area contributed by atoms with Crippen LogP contribution in [0.2, 0.25) is 5.02 Å². The molecule has 0 spiro atoms. The van der Waals surface area contributed by atoms with Gasteiger partial charge in [-0.25, -0.2) is 9.78 Å². The van der Waals surface area contributed by atoms with Crippen molar-refractivity contribution in [1.82, 2.24) is 14.5 Å². The Labute approximate surface area is 156 Å².